The molecule has 0 aliphatic heterocycles. The molecule has 5 heteroatoms. The zero-order valence-electron chi connectivity index (χ0n) is 12.5. The molecule has 0 saturated heterocycles. The SMILES string of the molecule is CC(=O)NCCCCCC(=O)NC1CCCCC1CO. The second-order valence-corrected chi connectivity index (χ2v) is 5.69. The first-order chi connectivity index (χ1) is 9.63. The van der Waals surface area contributed by atoms with Gasteiger partial charge in [0.25, 0.3) is 0 Å². The van der Waals surface area contributed by atoms with Gasteiger partial charge in [-0.3, -0.25) is 9.59 Å². The van der Waals surface area contributed by atoms with E-state index in [1.54, 1.807) is 0 Å². The third-order valence-corrected chi connectivity index (χ3v) is 3.94. The van der Waals surface area contributed by atoms with E-state index >= 15 is 0 Å². The molecule has 116 valence electrons. The molecule has 20 heavy (non-hydrogen) atoms. The van der Waals surface area contributed by atoms with Crippen LogP contribution in [0.15, 0.2) is 0 Å². The molecule has 2 atom stereocenters. The van der Waals surface area contributed by atoms with Crippen molar-refractivity contribution in [3.05, 3.63) is 0 Å². The van der Waals surface area contributed by atoms with Crippen molar-refractivity contribution in [2.24, 2.45) is 5.92 Å². The van der Waals surface area contributed by atoms with Gasteiger partial charge in [0.05, 0.1) is 0 Å². The van der Waals surface area contributed by atoms with Crippen LogP contribution in [0.25, 0.3) is 0 Å². The molecule has 1 aliphatic carbocycles. The van der Waals surface area contributed by atoms with Crippen molar-refractivity contribution in [2.45, 2.75) is 64.3 Å². The highest BCUT2D eigenvalue weighted by atomic mass is 16.3. The van der Waals surface area contributed by atoms with Gasteiger partial charge in [-0.2, -0.15) is 0 Å². The number of rotatable bonds is 8. The summed E-state index contributed by atoms with van der Waals surface area (Å²) in [5.41, 5.74) is 0. The van der Waals surface area contributed by atoms with Crippen LogP contribution in [0.5, 0.6) is 0 Å². The Morgan fingerprint density at radius 1 is 1.15 bits per heavy atom. The van der Waals surface area contributed by atoms with E-state index in [1.165, 1.54) is 6.92 Å². The third kappa shape index (κ3) is 6.89. The lowest BCUT2D eigenvalue weighted by molar-refractivity contribution is -0.123. The van der Waals surface area contributed by atoms with Gasteiger partial charge in [0.1, 0.15) is 0 Å². The normalized spacial score (nSPS) is 22.3. The van der Waals surface area contributed by atoms with E-state index in [-0.39, 0.29) is 30.4 Å². The van der Waals surface area contributed by atoms with Crippen LogP contribution >= 0.6 is 0 Å². The number of nitrogens with one attached hydrogen (secondary N) is 2. The van der Waals surface area contributed by atoms with Crippen molar-refractivity contribution < 1.29 is 14.7 Å². The van der Waals surface area contributed by atoms with Crippen LogP contribution in [0, 0.1) is 5.92 Å². The summed E-state index contributed by atoms with van der Waals surface area (Å²) >= 11 is 0. The molecule has 0 aromatic carbocycles. The van der Waals surface area contributed by atoms with Crippen LogP contribution in [-0.4, -0.2) is 36.1 Å². The molecule has 1 saturated carbocycles. The monoisotopic (exact) mass is 284 g/mol. The number of amides is 2. The molecule has 0 aromatic rings. The molecular formula is C15H28N2O3. The highest BCUT2D eigenvalue weighted by molar-refractivity contribution is 5.76. The average molecular weight is 284 g/mol. The fourth-order valence-corrected chi connectivity index (χ4v) is 2.75. The third-order valence-electron chi connectivity index (χ3n) is 3.94. The zero-order valence-corrected chi connectivity index (χ0v) is 12.5. The Bertz CT molecular complexity index is 307. The summed E-state index contributed by atoms with van der Waals surface area (Å²) in [5, 5.41) is 15.1. The second-order valence-electron chi connectivity index (χ2n) is 5.69. The molecule has 0 radical (unpaired) electrons. The second kappa shape index (κ2) is 9.75. The Balaban J connectivity index is 2.08. The lowest BCUT2D eigenvalue weighted by atomic mass is 9.85. The molecule has 2 unspecified atom stereocenters. The number of carbonyl (C=O) groups excluding carboxylic acids is 2. The Morgan fingerprint density at radius 2 is 1.90 bits per heavy atom. The number of aliphatic hydroxyl groups excluding tert-OH is 1. The molecule has 3 N–H and O–H groups in total. The van der Waals surface area contributed by atoms with Crippen LogP contribution in [0.2, 0.25) is 0 Å². The van der Waals surface area contributed by atoms with Gasteiger partial charge in [-0.25, -0.2) is 0 Å². The molecule has 1 rings (SSSR count). The first-order valence-electron chi connectivity index (χ1n) is 7.78. The molecular weight excluding hydrogens is 256 g/mol. The first-order valence-corrected chi connectivity index (χ1v) is 7.78. The summed E-state index contributed by atoms with van der Waals surface area (Å²) in [7, 11) is 0. The van der Waals surface area contributed by atoms with Gasteiger partial charge in [-0.15, -0.1) is 0 Å². The number of hydrogen-bond acceptors (Lipinski definition) is 3. The highest BCUT2D eigenvalue weighted by Gasteiger charge is 2.25. The van der Waals surface area contributed by atoms with E-state index in [9.17, 15) is 14.7 Å². The Hall–Kier alpha value is -1.10. The van der Waals surface area contributed by atoms with Gasteiger partial charge in [-0.05, 0) is 25.7 Å². The summed E-state index contributed by atoms with van der Waals surface area (Å²) in [6.07, 6.45) is 7.53. The van der Waals surface area contributed by atoms with E-state index in [2.05, 4.69) is 10.6 Å². The van der Waals surface area contributed by atoms with Crippen LogP contribution in [0.4, 0.5) is 0 Å². The largest absolute Gasteiger partial charge is 0.396 e. The summed E-state index contributed by atoms with van der Waals surface area (Å²) in [5.74, 6) is 0.317. The maximum Gasteiger partial charge on any atom is 0.220 e. The van der Waals surface area contributed by atoms with E-state index in [1.807, 2.05) is 0 Å². The van der Waals surface area contributed by atoms with Crippen LogP contribution in [0.3, 0.4) is 0 Å². The topological polar surface area (TPSA) is 78.4 Å². The lowest BCUT2D eigenvalue weighted by Crippen LogP contribution is -2.43. The van der Waals surface area contributed by atoms with E-state index < -0.39 is 0 Å². The van der Waals surface area contributed by atoms with Gasteiger partial charge in [0.15, 0.2) is 0 Å². The smallest absolute Gasteiger partial charge is 0.220 e. The Labute approximate surface area is 121 Å². The standard InChI is InChI=1S/C15H28N2O3/c1-12(19)16-10-6-2-3-9-15(20)17-14-8-5-4-7-13(14)11-18/h13-14,18H,2-11H2,1H3,(H,16,19)(H,17,20). The van der Waals surface area contributed by atoms with Crippen molar-refractivity contribution in [1.82, 2.24) is 10.6 Å². The van der Waals surface area contributed by atoms with Crippen LogP contribution in [-0.2, 0) is 9.59 Å². The molecule has 5 nitrogen and oxygen atoms in total. The number of hydrogen-bond donors (Lipinski definition) is 3. The number of carbonyl (C=O) groups is 2. The zero-order chi connectivity index (χ0) is 14.8. The average Bonchev–Trinajstić information content (AvgIpc) is 2.43. The Kier molecular flexibility index (Phi) is 8.26. The molecule has 0 bridgehead atoms. The number of unbranched alkanes of at least 4 members (excludes halogenated alkanes) is 2. The van der Waals surface area contributed by atoms with Crippen LogP contribution in [0.1, 0.15) is 58.3 Å². The molecule has 2 amide bonds. The Morgan fingerprint density at radius 3 is 2.60 bits per heavy atom. The minimum absolute atomic E-state index is 0.00455. The van der Waals surface area contributed by atoms with Gasteiger partial charge in [0.2, 0.25) is 11.8 Å². The van der Waals surface area contributed by atoms with Crippen molar-refractivity contribution in [3.8, 4) is 0 Å². The molecule has 0 heterocycles. The fraction of sp³-hybridized carbons (Fsp3) is 0.867. The van der Waals surface area contributed by atoms with Gasteiger partial charge < -0.3 is 15.7 Å². The quantitative estimate of drug-likeness (QED) is 0.589. The minimum Gasteiger partial charge on any atom is -0.396 e. The van der Waals surface area contributed by atoms with Crippen molar-refractivity contribution in [2.75, 3.05) is 13.2 Å². The minimum atomic E-state index is -0.00455. The predicted octanol–water partition coefficient (Wildman–Crippen LogP) is 1.35. The van der Waals surface area contributed by atoms with Gasteiger partial charge in [-0.1, -0.05) is 19.3 Å². The summed E-state index contributed by atoms with van der Waals surface area (Å²) < 4.78 is 0. The van der Waals surface area contributed by atoms with Crippen molar-refractivity contribution >= 4 is 11.8 Å². The molecule has 0 aromatic heterocycles. The summed E-state index contributed by atoms with van der Waals surface area (Å²) in [4.78, 5) is 22.5. The van der Waals surface area contributed by atoms with E-state index in [4.69, 9.17) is 0 Å². The maximum absolute atomic E-state index is 11.9. The molecule has 1 fully saturated rings. The van der Waals surface area contributed by atoms with Crippen molar-refractivity contribution in [3.63, 3.8) is 0 Å². The highest BCUT2D eigenvalue weighted by Crippen LogP contribution is 2.24. The van der Waals surface area contributed by atoms with Gasteiger partial charge in [0, 0.05) is 38.5 Å². The first kappa shape index (κ1) is 17.0. The van der Waals surface area contributed by atoms with Crippen LogP contribution < -0.4 is 10.6 Å². The maximum atomic E-state index is 11.9. The molecule has 1 aliphatic rings. The fourth-order valence-electron chi connectivity index (χ4n) is 2.75. The number of aliphatic hydroxyl groups is 1. The lowest BCUT2D eigenvalue weighted by Gasteiger charge is -2.30. The molecule has 0 spiro atoms. The summed E-state index contributed by atoms with van der Waals surface area (Å²) in [6.45, 7) is 2.36. The predicted molar refractivity (Wildman–Crippen MR) is 78.1 cm³/mol. The van der Waals surface area contributed by atoms with E-state index in [0.29, 0.717) is 13.0 Å². The van der Waals surface area contributed by atoms with Crippen molar-refractivity contribution in [1.29, 1.82) is 0 Å². The van der Waals surface area contributed by atoms with E-state index in [0.717, 1.165) is 44.9 Å². The van der Waals surface area contributed by atoms with Gasteiger partial charge >= 0.3 is 0 Å². The summed E-state index contributed by atoms with van der Waals surface area (Å²) in [6, 6.07) is 0.153.